The highest BCUT2D eigenvalue weighted by molar-refractivity contribution is 5.77. The Morgan fingerprint density at radius 1 is 1.36 bits per heavy atom. The minimum atomic E-state index is -0.762. The van der Waals surface area contributed by atoms with Gasteiger partial charge in [0.15, 0.2) is 0 Å². The highest BCUT2D eigenvalue weighted by atomic mass is 16.5. The van der Waals surface area contributed by atoms with Gasteiger partial charge in [0.2, 0.25) is 5.91 Å². The SMILES string of the molecule is CNCCCC(=O)N1Cc2c(OC)ccc(OC)c2C(O)C1. The van der Waals surface area contributed by atoms with E-state index in [-0.39, 0.29) is 12.5 Å². The van der Waals surface area contributed by atoms with E-state index in [1.54, 1.807) is 31.3 Å². The first-order valence-electron chi connectivity index (χ1n) is 7.46. The Labute approximate surface area is 131 Å². The number of amides is 1. The summed E-state index contributed by atoms with van der Waals surface area (Å²) in [5, 5.41) is 13.5. The highest BCUT2D eigenvalue weighted by Gasteiger charge is 2.31. The van der Waals surface area contributed by atoms with Crippen LogP contribution in [-0.4, -0.2) is 50.3 Å². The molecule has 6 heteroatoms. The summed E-state index contributed by atoms with van der Waals surface area (Å²) in [5.41, 5.74) is 1.55. The van der Waals surface area contributed by atoms with Crippen LogP contribution in [0.1, 0.15) is 30.1 Å². The summed E-state index contributed by atoms with van der Waals surface area (Å²) >= 11 is 0. The second-order valence-corrected chi connectivity index (χ2v) is 5.36. The van der Waals surface area contributed by atoms with Crippen LogP contribution in [0.3, 0.4) is 0 Å². The van der Waals surface area contributed by atoms with Crippen molar-refractivity contribution in [3.63, 3.8) is 0 Å². The molecule has 22 heavy (non-hydrogen) atoms. The predicted molar refractivity (Wildman–Crippen MR) is 83.1 cm³/mol. The van der Waals surface area contributed by atoms with Gasteiger partial charge in [-0.05, 0) is 32.1 Å². The first-order valence-corrected chi connectivity index (χ1v) is 7.46. The summed E-state index contributed by atoms with van der Waals surface area (Å²) in [4.78, 5) is 14.0. The number of carbonyl (C=O) groups excluding carboxylic acids is 1. The molecule has 2 N–H and O–H groups in total. The van der Waals surface area contributed by atoms with Crippen LogP contribution in [0.5, 0.6) is 11.5 Å². The van der Waals surface area contributed by atoms with Crippen molar-refractivity contribution in [2.45, 2.75) is 25.5 Å². The van der Waals surface area contributed by atoms with Crippen molar-refractivity contribution in [3.8, 4) is 11.5 Å². The number of hydrogen-bond acceptors (Lipinski definition) is 5. The first kappa shape index (κ1) is 16.6. The van der Waals surface area contributed by atoms with Crippen LogP contribution < -0.4 is 14.8 Å². The van der Waals surface area contributed by atoms with Crippen molar-refractivity contribution in [3.05, 3.63) is 23.3 Å². The fraction of sp³-hybridized carbons (Fsp3) is 0.562. The van der Waals surface area contributed by atoms with E-state index in [1.165, 1.54) is 0 Å². The number of ether oxygens (including phenoxy) is 2. The minimum Gasteiger partial charge on any atom is -0.496 e. The molecule has 0 spiro atoms. The third kappa shape index (κ3) is 3.34. The summed E-state index contributed by atoms with van der Waals surface area (Å²) < 4.78 is 10.7. The zero-order chi connectivity index (χ0) is 16.1. The molecule has 0 aromatic heterocycles. The number of rotatable bonds is 6. The van der Waals surface area contributed by atoms with Crippen LogP contribution in [0.25, 0.3) is 0 Å². The molecule has 122 valence electrons. The number of nitrogens with zero attached hydrogens (tertiary/aromatic N) is 1. The zero-order valence-electron chi connectivity index (χ0n) is 13.4. The normalized spacial score (nSPS) is 17.1. The Bertz CT molecular complexity index is 533. The van der Waals surface area contributed by atoms with Gasteiger partial charge in [0.05, 0.1) is 20.8 Å². The standard InChI is InChI=1S/C16H24N2O4/c1-17-8-4-5-15(20)18-9-11-13(21-2)6-7-14(22-3)16(11)12(19)10-18/h6-7,12,17,19H,4-5,8-10H2,1-3H3. The molecule has 2 rings (SSSR count). The molecule has 1 aliphatic heterocycles. The Morgan fingerprint density at radius 2 is 2.05 bits per heavy atom. The summed E-state index contributed by atoms with van der Waals surface area (Å²) in [6.07, 6.45) is 0.487. The van der Waals surface area contributed by atoms with Crippen LogP contribution in [-0.2, 0) is 11.3 Å². The molecule has 1 amide bonds. The van der Waals surface area contributed by atoms with Gasteiger partial charge in [-0.1, -0.05) is 0 Å². The van der Waals surface area contributed by atoms with Crippen LogP contribution >= 0.6 is 0 Å². The third-order valence-corrected chi connectivity index (χ3v) is 3.96. The molecule has 0 bridgehead atoms. The smallest absolute Gasteiger partial charge is 0.223 e. The Balaban J connectivity index is 2.23. The molecule has 1 aromatic carbocycles. The number of nitrogens with one attached hydrogen (secondary N) is 1. The second kappa shape index (κ2) is 7.47. The van der Waals surface area contributed by atoms with Gasteiger partial charge in [0.25, 0.3) is 0 Å². The average molecular weight is 308 g/mol. The van der Waals surface area contributed by atoms with Crippen LogP contribution in [0.15, 0.2) is 12.1 Å². The molecule has 1 aromatic rings. The fourth-order valence-corrected chi connectivity index (χ4v) is 2.84. The molecular formula is C16H24N2O4. The molecular weight excluding hydrogens is 284 g/mol. The molecule has 0 fully saturated rings. The van der Waals surface area contributed by atoms with Crippen molar-refractivity contribution in [2.24, 2.45) is 0 Å². The molecule has 0 aliphatic carbocycles. The fourth-order valence-electron chi connectivity index (χ4n) is 2.84. The van der Waals surface area contributed by atoms with E-state index in [0.29, 0.717) is 24.5 Å². The van der Waals surface area contributed by atoms with Gasteiger partial charge < -0.3 is 24.8 Å². The highest BCUT2D eigenvalue weighted by Crippen LogP contribution is 2.39. The van der Waals surface area contributed by atoms with Gasteiger partial charge in [-0.3, -0.25) is 4.79 Å². The van der Waals surface area contributed by atoms with Crippen molar-refractivity contribution in [1.82, 2.24) is 10.2 Å². The number of carbonyl (C=O) groups is 1. The summed E-state index contributed by atoms with van der Waals surface area (Å²) in [6.45, 7) is 1.52. The Morgan fingerprint density at radius 3 is 2.68 bits per heavy atom. The quantitative estimate of drug-likeness (QED) is 0.770. The second-order valence-electron chi connectivity index (χ2n) is 5.36. The topological polar surface area (TPSA) is 71.0 Å². The Kier molecular flexibility index (Phi) is 5.63. The lowest BCUT2D eigenvalue weighted by atomic mass is 9.95. The van der Waals surface area contributed by atoms with E-state index >= 15 is 0 Å². The molecule has 1 atom stereocenters. The van der Waals surface area contributed by atoms with Crippen LogP contribution in [0.4, 0.5) is 0 Å². The lowest BCUT2D eigenvalue weighted by Crippen LogP contribution is -2.38. The minimum absolute atomic E-state index is 0.0461. The largest absolute Gasteiger partial charge is 0.496 e. The molecule has 1 unspecified atom stereocenters. The number of fused-ring (bicyclic) bond motifs is 1. The molecule has 0 saturated heterocycles. The van der Waals surface area contributed by atoms with E-state index in [1.807, 2.05) is 7.05 Å². The Hall–Kier alpha value is -1.79. The van der Waals surface area contributed by atoms with Gasteiger partial charge in [0.1, 0.15) is 17.6 Å². The van der Waals surface area contributed by atoms with E-state index in [9.17, 15) is 9.90 Å². The average Bonchev–Trinajstić information content (AvgIpc) is 2.53. The van der Waals surface area contributed by atoms with Crippen LogP contribution in [0, 0.1) is 0 Å². The number of hydrogen-bond donors (Lipinski definition) is 2. The molecule has 0 radical (unpaired) electrons. The van der Waals surface area contributed by atoms with E-state index < -0.39 is 6.10 Å². The number of aliphatic hydroxyl groups excluding tert-OH is 1. The van der Waals surface area contributed by atoms with Crippen molar-refractivity contribution in [1.29, 1.82) is 0 Å². The number of aliphatic hydroxyl groups is 1. The van der Waals surface area contributed by atoms with E-state index in [4.69, 9.17) is 9.47 Å². The monoisotopic (exact) mass is 308 g/mol. The summed E-state index contributed by atoms with van der Waals surface area (Å²) in [6, 6.07) is 3.59. The predicted octanol–water partition coefficient (Wildman–Crippen LogP) is 1.08. The number of benzene rings is 1. The summed E-state index contributed by atoms with van der Waals surface area (Å²) in [5.74, 6) is 1.35. The third-order valence-electron chi connectivity index (χ3n) is 3.96. The lowest BCUT2D eigenvalue weighted by molar-refractivity contribution is -0.134. The molecule has 1 aliphatic rings. The maximum Gasteiger partial charge on any atom is 0.223 e. The maximum absolute atomic E-state index is 12.3. The van der Waals surface area contributed by atoms with Gasteiger partial charge in [-0.25, -0.2) is 0 Å². The number of β-amino-alcohol motifs (C(OH)–C–C–N with tert-alkyl or cyclic N) is 1. The van der Waals surface area contributed by atoms with Crippen LogP contribution in [0.2, 0.25) is 0 Å². The zero-order valence-corrected chi connectivity index (χ0v) is 13.4. The van der Waals surface area contributed by atoms with Gasteiger partial charge in [0, 0.05) is 24.1 Å². The molecule has 1 heterocycles. The van der Waals surface area contributed by atoms with Crippen molar-refractivity contribution in [2.75, 3.05) is 34.4 Å². The van der Waals surface area contributed by atoms with E-state index in [2.05, 4.69) is 5.32 Å². The summed E-state index contributed by atoms with van der Waals surface area (Å²) in [7, 11) is 5.02. The van der Waals surface area contributed by atoms with Gasteiger partial charge in [-0.2, -0.15) is 0 Å². The van der Waals surface area contributed by atoms with Gasteiger partial charge in [-0.15, -0.1) is 0 Å². The lowest BCUT2D eigenvalue weighted by Gasteiger charge is -2.34. The van der Waals surface area contributed by atoms with E-state index in [0.717, 1.165) is 24.1 Å². The van der Waals surface area contributed by atoms with Gasteiger partial charge >= 0.3 is 0 Å². The molecule has 6 nitrogen and oxygen atoms in total. The van der Waals surface area contributed by atoms with Crippen molar-refractivity contribution < 1.29 is 19.4 Å². The molecule has 0 saturated carbocycles. The first-order chi connectivity index (χ1) is 10.6. The van der Waals surface area contributed by atoms with Crippen molar-refractivity contribution >= 4 is 5.91 Å². The maximum atomic E-state index is 12.3. The number of methoxy groups -OCH3 is 2.